The number of ether oxygens (including phenoxy) is 1. The molecular formula is C15H13BrFNOS. The molecule has 104 valence electrons. The molecule has 20 heavy (non-hydrogen) atoms. The molecule has 0 unspecified atom stereocenters. The van der Waals surface area contributed by atoms with Gasteiger partial charge >= 0.3 is 0 Å². The molecule has 2 N–H and O–H groups in total. The molecule has 2 rings (SSSR count). The van der Waals surface area contributed by atoms with Gasteiger partial charge in [0.05, 0.1) is 0 Å². The Kier molecular flexibility index (Phi) is 4.73. The number of aryl methyl sites for hydroxylation is 1. The number of rotatable bonds is 4. The highest BCUT2D eigenvalue weighted by atomic mass is 79.9. The first-order valence-electron chi connectivity index (χ1n) is 5.94. The van der Waals surface area contributed by atoms with Crippen LogP contribution < -0.4 is 10.5 Å². The number of nitrogens with two attached hydrogens (primary N) is 1. The average Bonchev–Trinajstić information content (AvgIpc) is 2.41. The molecule has 0 saturated heterocycles. The highest BCUT2D eigenvalue weighted by molar-refractivity contribution is 9.10. The maximum Gasteiger partial charge on any atom is 0.129 e. The summed E-state index contributed by atoms with van der Waals surface area (Å²) in [6.45, 7) is 2.09. The Morgan fingerprint density at radius 1 is 1.30 bits per heavy atom. The van der Waals surface area contributed by atoms with Gasteiger partial charge in [-0.3, -0.25) is 0 Å². The zero-order valence-corrected chi connectivity index (χ0v) is 13.2. The van der Waals surface area contributed by atoms with Gasteiger partial charge in [0.1, 0.15) is 23.2 Å². The van der Waals surface area contributed by atoms with Gasteiger partial charge in [-0.15, -0.1) is 0 Å². The van der Waals surface area contributed by atoms with Crippen LogP contribution in [-0.2, 0) is 6.61 Å². The molecule has 2 aromatic rings. The summed E-state index contributed by atoms with van der Waals surface area (Å²) in [5, 5.41) is 0. The second-order valence-electron chi connectivity index (χ2n) is 4.37. The molecule has 0 bridgehead atoms. The fraction of sp³-hybridized carbons (Fsp3) is 0.133. The van der Waals surface area contributed by atoms with Crippen molar-refractivity contribution in [2.75, 3.05) is 0 Å². The summed E-state index contributed by atoms with van der Waals surface area (Å²) in [5.74, 6) is 0.352. The first-order valence-corrected chi connectivity index (χ1v) is 7.14. The van der Waals surface area contributed by atoms with Crippen LogP contribution in [0.4, 0.5) is 4.39 Å². The van der Waals surface area contributed by atoms with Crippen LogP contribution >= 0.6 is 28.1 Å². The molecule has 5 heteroatoms. The summed E-state index contributed by atoms with van der Waals surface area (Å²) >= 11 is 8.30. The first kappa shape index (κ1) is 14.9. The van der Waals surface area contributed by atoms with Gasteiger partial charge in [-0.05, 0) is 48.9 Å². The summed E-state index contributed by atoms with van der Waals surface area (Å²) in [7, 11) is 0. The van der Waals surface area contributed by atoms with E-state index in [2.05, 4.69) is 15.9 Å². The number of benzene rings is 2. The Bertz CT molecular complexity index is 660. The van der Waals surface area contributed by atoms with Gasteiger partial charge in [-0.2, -0.15) is 0 Å². The largest absolute Gasteiger partial charge is 0.489 e. The third-order valence-electron chi connectivity index (χ3n) is 2.85. The van der Waals surface area contributed by atoms with Crippen molar-refractivity contribution in [3.63, 3.8) is 0 Å². The summed E-state index contributed by atoms with van der Waals surface area (Å²) in [5.41, 5.74) is 7.65. The van der Waals surface area contributed by atoms with Gasteiger partial charge in [0.25, 0.3) is 0 Å². The molecule has 0 radical (unpaired) electrons. The average molecular weight is 354 g/mol. The lowest BCUT2D eigenvalue weighted by Gasteiger charge is -2.10. The van der Waals surface area contributed by atoms with Crippen LogP contribution in [0.2, 0.25) is 0 Å². The summed E-state index contributed by atoms with van der Waals surface area (Å²) in [6.07, 6.45) is 0. The molecule has 0 aliphatic heterocycles. The van der Waals surface area contributed by atoms with Gasteiger partial charge in [0.15, 0.2) is 0 Å². The van der Waals surface area contributed by atoms with E-state index in [1.165, 1.54) is 6.07 Å². The molecule has 0 spiro atoms. The van der Waals surface area contributed by atoms with Crippen LogP contribution in [-0.4, -0.2) is 4.99 Å². The molecule has 0 amide bonds. The minimum Gasteiger partial charge on any atom is -0.489 e. The van der Waals surface area contributed by atoms with Gasteiger partial charge in [-0.1, -0.05) is 28.1 Å². The van der Waals surface area contributed by atoms with Crippen LogP contribution in [0.15, 0.2) is 40.9 Å². The maximum absolute atomic E-state index is 13.7. The van der Waals surface area contributed by atoms with E-state index in [4.69, 9.17) is 22.7 Å². The smallest absolute Gasteiger partial charge is 0.129 e. The molecule has 2 nitrogen and oxygen atoms in total. The highest BCUT2D eigenvalue weighted by Gasteiger charge is 2.07. The van der Waals surface area contributed by atoms with Gasteiger partial charge < -0.3 is 10.5 Å². The quantitative estimate of drug-likeness (QED) is 0.840. The normalized spacial score (nSPS) is 10.3. The van der Waals surface area contributed by atoms with Crippen LogP contribution in [0.3, 0.4) is 0 Å². The topological polar surface area (TPSA) is 35.2 Å². The third kappa shape index (κ3) is 3.55. The molecule has 0 aromatic heterocycles. The molecule has 2 aromatic carbocycles. The number of halogens is 2. The van der Waals surface area contributed by atoms with E-state index in [0.717, 1.165) is 10.0 Å². The Hall–Kier alpha value is -1.46. The van der Waals surface area contributed by atoms with Crippen molar-refractivity contribution in [1.29, 1.82) is 0 Å². The predicted molar refractivity (Wildman–Crippen MR) is 85.5 cm³/mol. The molecule has 0 heterocycles. The number of hydrogen-bond donors (Lipinski definition) is 1. The Morgan fingerprint density at radius 2 is 2.05 bits per heavy atom. The highest BCUT2D eigenvalue weighted by Crippen LogP contribution is 2.22. The Morgan fingerprint density at radius 3 is 2.70 bits per heavy atom. The zero-order chi connectivity index (χ0) is 14.7. The standard InChI is InChI=1S/C15H13BrFNOS/c1-9-6-12(3-4-13(9)16)19-8-11-7-10(15(18)20)2-5-14(11)17/h2-7H,8H2,1H3,(H2,18,20). The molecule has 0 aliphatic rings. The molecule has 0 atom stereocenters. The second-order valence-corrected chi connectivity index (χ2v) is 5.66. The molecule has 0 aliphatic carbocycles. The lowest BCUT2D eigenvalue weighted by Crippen LogP contribution is -2.10. The number of hydrogen-bond acceptors (Lipinski definition) is 2. The predicted octanol–water partition coefficient (Wildman–Crippen LogP) is 4.11. The second kappa shape index (κ2) is 6.33. The van der Waals surface area contributed by atoms with E-state index in [-0.39, 0.29) is 17.4 Å². The Balaban J connectivity index is 2.15. The summed E-state index contributed by atoms with van der Waals surface area (Å²) in [4.78, 5) is 0.241. The van der Waals surface area contributed by atoms with Gasteiger partial charge in [0, 0.05) is 15.6 Å². The SMILES string of the molecule is Cc1cc(OCc2cc(C(N)=S)ccc2F)ccc1Br. The van der Waals surface area contributed by atoms with Crippen molar-refractivity contribution in [2.24, 2.45) is 5.73 Å². The first-order chi connectivity index (χ1) is 9.47. The van der Waals surface area contributed by atoms with E-state index < -0.39 is 0 Å². The third-order valence-corrected chi connectivity index (χ3v) is 3.98. The lowest BCUT2D eigenvalue weighted by atomic mass is 10.1. The Labute approximate surface area is 130 Å². The molecule has 0 fully saturated rings. The van der Waals surface area contributed by atoms with Crippen molar-refractivity contribution in [3.8, 4) is 5.75 Å². The van der Waals surface area contributed by atoms with Crippen molar-refractivity contribution >= 4 is 33.1 Å². The van der Waals surface area contributed by atoms with Crippen LogP contribution in [0, 0.1) is 12.7 Å². The maximum atomic E-state index is 13.7. The molecule has 0 saturated carbocycles. The van der Waals surface area contributed by atoms with Gasteiger partial charge in [0.2, 0.25) is 0 Å². The lowest BCUT2D eigenvalue weighted by molar-refractivity contribution is 0.299. The van der Waals surface area contributed by atoms with Crippen molar-refractivity contribution < 1.29 is 9.13 Å². The van der Waals surface area contributed by atoms with E-state index >= 15 is 0 Å². The van der Waals surface area contributed by atoms with Gasteiger partial charge in [-0.25, -0.2) is 4.39 Å². The monoisotopic (exact) mass is 353 g/mol. The number of thiocarbonyl (C=S) groups is 1. The van der Waals surface area contributed by atoms with Crippen LogP contribution in [0.5, 0.6) is 5.75 Å². The van der Waals surface area contributed by atoms with E-state index in [0.29, 0.717) is 16.9 Å². The van der Waals surface area contributed by atoms with Crippen LogP contribution in [0.25, 0.3) is 0 Å². The summed E-state index contributed by atoms with van der Waals surface area (Å²) in [6, 6.07) is 10.1. The fourth-order valence-corrected chi connectivity index (χ4v) is 2.08. The minimum absolute atomic E-state index is 0.128. The van der Waals surface area contributed by atoms with Crippen LogP contribution in [0.1, 0.15) is 16.7 Å². The summed E-state index contributed by atoms with van der Waals surface area (Å²) < 4.78 is 20.3. The van der Waals surface area contributed by atoms with Crippen molar-refractivity contribution in [3.05, 3.63) is 63.4 Å². The van der Waals surface area contributed by atoms with E-state index in [9.17, 15) is 4.39 Å². The fourth-order valence-electron chi connectivity index (χ4n) is 1.71. The van der Waals surface area contributed by atoms with Crippen molar-refractivity contribution in [2.45, 2.75) is 13.5 Å². The van der Waals surface area contributed by atoms with E-state index in [1.807, 2.05) is 25.1 Å². The minimum atomic E-state index is -0.334. The zero-order valence-electron chi connectivity index (χ0n) is 10.8. The van der Waals surface area contributed by atoms with E-state index in [1.54, 1.807) is 12.1 Å². The van der Waals surface area contributed by atoms with Crippen molar-refractivity contribution in [1.82, 2.24) is 0 Å². The molecular weight excluding hydrogens is 341 g/mol.